The van der Waals surface area contributed by atoms with E-state index in [1.165, 1.54) is 4.90 Å². The lowest BCUT2D eigenvalue weighted by molar-refractivity contribution is -0.136. The molecule has 12 heavy (non-hydrogen) atoms. The van der Waals surface area contributed by atoms with E-state index in [1.807, 2.05) is 6.07 Å². The van der Waals surface area contributed by atoms with Crippen LogP contribution in [0.3, 0.4) is 0 Å². The summed E-state index contributed by atoms with van der Waals surface area (Å²) >= 11 is 0. The van der Waals surface area contributed by atoms with E-state index in [4.69, 9.17) is 0 Å². The number of amides is 2. The smallest absolute Gasteiger partial charge is 0.243 e. The van der Waals surface area contributed by atoms with Gasteiger partial charge < -0.3 is 0 Å². The molecule has 1 aromatic carbocycles. The molecule has 1 fully saturated rings. The number of para-hydroxylation sites is 1. The van der Waals surface area contributed by atoms with Crippen molar-refractivity contribution in [1.82, 2.24) is 0 Å². The van der Waals surface area contributed by atoms with E-state index in [1.54, 1.807) is 24.3 Å². The molecule has 0 aromatic heterocycles. The van der Waals surface area contributed by atoms with Crippen molar-refractivity contribution in [2.45, 2.75) is 6.42 Å². The number of hydrogen-bond donors (Lipinski definition) is 0. The molecule has 3 heteroatoms. The van der Waals surface area contributed by atoms with Gasteiger partial charge in [-0.3, -0.25) is 9.59 Å². The number of carbonyl (C=O) groups excluding carboxylic acids is 2. The molecule has 1 aliphatic heterocycles. The van der Waals surface area contributed by atoms with Gasteiger partial charge in [0.05, 0.1) is 5.69 Å². The van der Waals surface area contributed by atoms with Gasteiger partial charge in [-0.1, -0.05) is 18.2 Å². The second kappa shape index (κ2) is 2.44. The van der Waals surface area contributed by atoms with Crippen molar-refractivity contribution in [3.8, 4) is 0 Å². The van der Waals surface area contributed by atoms with Crippen LogP contribution >= 0.6 is 0 Å². The zero-order valence-electron chi connectivity index (χ0n) is 6.36. The van der Waals surface area contributed by atoms with E-state index in [9.17, 15) is 9.59 Å². The lowest BCUT2D eigenvalue weighted by atomic mass is 10.1. The summed E-state index contributed by atoms with van der Waals surface area (Å²) in [4.78, 5) is 23.1. The first kappa shape index (κ1) is 7.03. The molecule has 60 valence electrons. The van der Waals surface area contributed by atoms with Crippen LogP contribution in [0, 0.1) is 0 Å². The standard InChI is InChI=1S/C9H7NO2/c11-8-6-9(12)10(8)7-4-2-1-3-5-7/h1-5H,6H2. The van der Waals surface area contributed by atoms with Gasteiger partial charge in [0.2, 0.25) is 11.8 Å². The first-order valence-corrected chi connectivity index (χ1v) is 3.70. The maximum Gasteiger partial charge on any atom is 0.243 e. The third kappa shape index (κ3) is 0.906. The van der Waals surface area contributed by atoms with Crippen LogP contribution < -0.4 is 4.90 Å². The zero-order chi connectivity index (χ0) is 8.55. The van der Waals surface area contributed by atoms with Crippen LogP contribution in [0.5, 0.6) is 0 Å². The molecule has 3 nitrogen and oxygen atoms in total. The molecule has 0 radical (unpaired) electrons. The Hall–Kier alpha value is -1.64. The van der Waals surface area contributed by atoms with Gasteiger partial charge in [0.15, 0.2) is 0 Å². The minimum absolute atomic E-state index is 0.0505. The number of β-lactam (4-membered cyclic amide) rings is 2. The summed E-state index contributed by atoms with van der Waals surface area (Å²) in [6.07, 6.45) is 0.0505. The van der Waals surface area contributed by atoms with Gasteiger partial charge in [-0.25, -0.2) is 4.90 Å². The van der Waals surface area contributed by atoms with Gasteiger partial charge in [-0.05, 0) is 12.1 Å². The summed E-state index contributed by atoms with van der Waals surface area (Å²) in [5, 5.41) is 0. The Balaban J connectivity index is 2.32. The second-order valence-corrected chi connectivity index (χ2v) is 2.64. The first-order valence-electron chi connectivity index (χ1n) is 3.70. The number of carbonyl (C=O) groups is 2. The molecular weight excluding hydrogens is 154 g/mol. The molecule has 0 saturated carbocycles. The number of hydrogen-bond acceptors (Lipinski definition) is 2. The highest BCUT2D eigenvalue weighted by Gasteiger charge is 2.35. The van der Waals surface area contributed by atoms with Crippen LogP contribution in [0.15, 0.2) is 30.3 Å². The normalized spacial score (nSPS) is 16.2. The highest BCUT2D eigenvalue weighted by molar-refractivity contribution is 6.30. The minimum Gasteiger partial charge on any atom is -0.273 e. The number of anilines is 1. The lowest BCUT2D eigenvalue weighted by Gasteiger charge is -2.27. The number of benzene rings is 1. The van der Waals surface area contributed by atoms with E-state index in [-0.39, 0.29) is 18.2 Å². The number of rotatable bonds is 1. The van der Waals surface area contributed by atoms with E-state index in [0.29, 0.717) is 5.69 Å². The number of nitrogens with zero attached hydrogens (tertiary/aromatic N) is 1. The Labute approximate surface area is 69.6 Å². The molecule has 1 heterocycles. The molecule has 0 N–H and O–H groups in total. The Bertz CT molecular complexity index is 318. The fourth-order valence-corrected chi connectivity index (χ4v) is 1.20. The SMILES string of the molecule is O=C1CC(=O)N1c1ccccc1. The average molecular weight is 161 g/mol. The van der Waals surface area contributed by atoms with E-state index >= 15 is 0 Å². The molecule has 2 rings (SSSR count). The molecular formula is C9H7NO2. The van der Waals surface area contributed by atoms with Gasteiger partial charge in [0.1, 0.15) is 6.42 Å². The molecule has 0 atom stereocenters. The van der Waals surface area contributed by atoms with Gasteiger partial charge in [0, 0.05) is 0 Å². The van der Waals surface area contributed by atoms with E-state index < -0.39 is 0 Å². The third-order valence-corrected chi connectivity index (χ3v) is 1.82. The quantitative estimate of drug-likeness (QED) is 0.454. The highest BCUT2D eigenvalue weighted by atomic mass is 16.2. The summed E-state index contributed by atoms with van der Waals surface area (Å²) in [6.45, 7) is 0. The summed E-state index contributed by atoms with van der Waals surface area (Å²) in [5.41, 5.74) is 0.666. The van der Waals surface area contributed by atoms with Crippen LogP contribution in [0.1, 0.15) is 6.42 Å². The average Bonchev–Trinajstić information content (AvgIpc) is 2.05. The van der Waals surface area contributed by atoms with Crippen molar-refractivity contribution < 1.29 is 9.59 Å². The van der Waals surface area contributed by atoms with E-state index in [2.05, 4.69) is 0 Å². The van der Waals surface area contributed by atoms with Crippen molar-refractivity contribution >= 4 is 17.5 Å². The fraction of sp³-hybridized carbons (Fsp3) is 0.111. The van der Waals surface area contributed by atoms with Crippen molar-refractivity contribution in [3.05, 3.63) is 30.3 Å². The maximum absolute atomic E-state index is 10.9. The second-order valence-electron chi connectivity index (χ2n) is 2.64. The summed E-state index contributed by atoms with van der Waals surface area (Å²) < 4.78 is 0. The monoisotopic (exact) mass is 161 g/mol. The summed E-state index contributed by atoms with van der Waals surface area (Å²) in [7, 11) is 0. The Morgan fingerprint density at radius 2 is 1.58 bits per heavy atom. The van der Waals surface area contributed by atoms with Crippen LogP contribution in [-0.4, -0.2) is 11.8 Å². The molecule has 2 amide bonds. The molecule has 0 bridgehead atoms. The predicted octanol–water partition coefficient (Wildman–Crippen LogP) is 0.950. The molecule has 0 aliphatic carbocycles. The van der Waals surface area contributed by atoms with Crippen molar-refractivity contribution in [2.24, 2.45) is 0 Å². The van der Waals surface area contributed by atoms with Crippen molar-refractivity contribution in [1.29, 1.82) is 0 Å². The lowest BCUT2D eigenvalue weighted by Crippen LogP contribution is -2.49. The molecule has 0 unspecified atom stereocenters. The fourth-order valence-electron chi connectivity index (χ4n) is 1.20. The molecule has 1 aromatic rings. The summed E-state index contributed by atoms with van der Waals surface area (Å²) in [5.74, 6) is -0.239. The van der Waals surface area contributed by atoms with E-state index in [0.717, 1.165) is 0 Å². The predicted molar refractivity (Wildman–Crippen MR) is 43.6 cm³/mol. The van der Waals surface area contributed by atoms with Crippen molar-refractivity contribution in [3.63, 3.8) is 0 Å². The van der Waals surface area contributed by atoms with Crippen LogP contribution in [0.25, 0.3) is 0 Å². The highest BCUT2D eigenvalue weighted by Crippen LogP contribution is 2.21. The van der Waals surface area contributed by atoms with Gasteiger partial charge >= 0.3 is 0 Å². The third-order valence-electron chi connectivity index (χ3n) is 1.82. The van der Waals surface area contributed by atoms with Gasteiger partial charge in [-0.2, -0.15) is 0 Å². The molecule has 1 saturated heterocycles. The van der Waals surface area contributed by atoms with Crippen molar-refractivity contribution in [2.75, 3.05) is 4.90 Å². The van der Waals surface area contributed by atoms with Gasteiger partial charge in [-0.15, -0.1) is 0 Å². The summed E-state index contributed by atoms with van der Waals surface area (Å²) in [6, 6.07) is 8.94. The Morgan fingerprint density at radius 1 is 1.00 bits per heavy atom. The number of imide groups is 1. The Kier molecular flexibility index (Phi) is 1.43. The van der Waals surface area contributed by atoms with Crippen LogP contribution in [-0.2, 0) is 9.59 Å². The molecule has 0 spiro atoms. The largest absolute Gasteiger partial charge is 0.273 e. The van der Waals surface area contributed by atoms with Crippen LogP contribution in [0.2, 0.25) is 0 Å². The Morgan fingerprint density at radius 3 is 2.08 bits per heavy atom. The molecule has 1 aliphatic rings. The van der Waals surface area contributed by atoms with Crippen LogP contribution in [0.4, 0.5) is 5.69 Å². The zero-order valence-corrected chi connectivity index (χ0v) is 6.36. The minimum atomic E-state index is -0.119. The topological polar surface area (TPSA) is 37.4 Å². The first-order chi connectivity index (χ1) is 5.79. The van der Waals surface area contributed by atoms with Gasteiger partial charge in [0.25, 0.3) is 0 Å². The maximum atomic E-state index is 10.9.